The third kappa shape index (κ3) is 2.82. The van der Waals surface area contributed by atoms with Crippen LogP contribution in [0.15, 0.2) is 24.3 Å². The summed E-state index contributed by atoms with van der Waals surface area (Å²) in [7, 11) is 1.60. The van der Waals surface area contributed by atoms with Crippen LogP contribution in [0.5, 0.6) is 0 Å². The van der Waals surface area contributed by atoms with Gasteiger partial charge in [-0.2, -0.15) is 0 Å². The van der Waals surface area contributed by atoms with Gasteiger partial charge in [-0.1, -0.05) is 11.6 Å². The van der Waals surface area contributed by atoms with Gasteiger partial charge >= 0.3 is 6.09 Å². The zero-order chi connectivity index (χ0) is 15.6. The lowest BCUT2D eigenvalue weighted by Gasteiger charge is -2.48. The van der Waals surface area contributed by atoms with Gasteiger partial charge in [0.2, 0.25) is 0 Å². The summed E-state index contributed by atoms with van der Waals surface area (Å²) in [6.45, 7) is 2.42. The van der Waals surface area contributed by atoms with Gasteiger partial charge in [0.15, 0.2) is 11.4 Å². The lowest BCUT2D eigenvalue weighted by Crippen LogP contribution is -2.73. The van der Waals surface area contributed by atoms with Gasteiger partial charge in [0.05, 0.1) is 6.54 Å². The smallest absolute Gasteiger partial charge is 0.409 e. The van der Waals surface area contributed by atoms with E-state index in [1.54, 1.807) is 19.2 Å². The number of carbonyl (C=O) groups excluding carboxylic acids is 1. The van der Waals surface area contributed by atoms with Crippen molar-refractivity contribution in [2.24, 2.45) is 0 Å². The second kappa shape index (κ2) is 5.91. The molecule has 0 spiro atoms. The molecular formula is C14H18ClN3O3. The fraction of sp³-hybridized carbons (Fsp3) is 0.429. The third-order valence-electron chi connectivity index (χ3n) is 3.89. The third-order valence-corrected chi connectivity index (χ3v) is 4.14. The standard InChI is InChI=1S/C14H18ClN3O3/c1-10(19)14(16-2)9-17(7-8-18(14)13(20)21)12-5-3-11(15)4-6-12/h3-6,16H,7-9H2,1-2H3,(H,20,21). The number of hydrogen-bond donors (Lipinski definition) is 2. The lowest BCUT2D eigenvalue weighted by atomic mass is 9.99. The second-order valence-corrected chi connectivity index (χ2v) is 5.44. The van der Waals surface area contributed by atoms with Gasteiger partial charge < -0.3 is 10.0 Å². The molecule has 1 saturated heterocycles. The zero-order valence-electron chi connectivity index (χ0n) is 12.0. The number of rotatable bonds is 3. The highest BCUT2D eigenvalue weighted by molar-refractivity contribution is 6.30. The molecule has 7 heteroatoms. The van der Waals surface area contributed by atoms with Gasteiger partial charge in [0.25, 0.3) is 0 Å². The summed E-state index contributed by atoms with van der Waals surface area (Å²) in [5.74, 6) is -0.230. The minimum absolute atomic E-state index is 0.230. The number of carbonyl (C=O) groups is 2. The number of likely N-dealkylation sites (N-methyl/N-ethyl adjacent to an activating group) is 1. The zero-order valence-corrected chi connectivity index (χ0v) is 12.7. The Morgan fingerprint density at radius 3 is 2.38 bits per heavy atom. The summed E-state index contributed by atoms with van der Waals surface area (Å²) in [6.07, 6.45) is -1.10. The maximum atomic E-state index is 12.1. The molecule has 21 heavy (non-hydrogen) atoms. The monoisotopic (exact) mass is 311 g/mol. The molecule has 1 aliphatic rings. The Kier molecular flexibility index (Phi) is 4.39. The highest BCUT2D eigenvalue weighted by Gasteiger charge is 2.47. The van der Waals surface area contributed by atoms with E-state index in [9.17, 15) is 14.7 Å². The topological polar surface area (TPSA) is 72.9 Å². The number of benzene rings is 1. The average molecular weight is 312 g/mol. The normalized spacial score (nSPS) is 22.2. The van der Waals surface area contributed by atoms with Crippen molar-refractivity contribution < 1.29 is 14.7 Å². The first kappa shape index (κ1) is 15.6. The highest BCUT2D eigenvalue weighted by Crippen LogP contribution is 2.26. The summed E-state index contributed by atoms with van der Waals surface area (Å²) in [5.41, 5.74) is -0.325. The van der Waals surface area contributed by atoms with Crippen LogP contribution < -0.4 is 10.2 Å². The predicted molar refractivity (Wildman–Crippen MR) is 80.9 cm³/mol. The quantitative estimate of drug-likeness (QED) is 0.888. The molecule has 2 rings (SSSR count). The molecule has 0 radical (unpaired) electrons. The lowest BCUT2D eigenvalue weighted by molar-refractivity contribution is -0.130. The maximum absolute atomic E-state index is 12.1. The van der Waals surface area contributed by atoms with Gasteiger partial charge in [-0.15, -0.1) is 0 Å². The molecule has 1 aliphatic heterocycles. The molecule has 1 aromatic rings. The number of piperazine rings is 1. The van der Waals surface area contributed by atoms with Gasteiger partial charge in [0.1, 0.15) is 0 Å². The number of nitrogens with zero attached hydrogens (tertiary/aromatic N) is 2. The summed E-state index contributed by atoms with van der Waals surface area (Å²) in [6, 6.07) is 7.27. The molecule has 0 bridgehead atoms. The molecule has 0 aliphatic carbocycles. The Hall–Kier alpha value is -1.79. The molecule has 1 amide bonds. The minimum Gasteiger partial charge on any atom is -0.465 e. The van der Waals surface area contributed by atoms with Crippen LogP contribution in [-0.2, 0) is 4.79 Å². The number of amides is 1. The summed E-state index contributed by atoms with van der Waals surface area (Å²) in [5, 5.41) is 12.9. The van der Waals surface area contributed by atoms with E-state index < -0.39 is 11.8 Å². The van der Waals surface area contributed by atoms with Crippen LogP contribution >= 0.6 is 11.6 Å². The van der Waals surface area contributed by atoms with Gasteiger partial charge in [-0.25, -0.2) is 4.79 Å². The first-order chi connectivity index (χ1) is 9.90. The molecule has 6 nitrogen and oxygen atoms in total. The molecule has 114 valence electrons. The van der Waals surface area contributed by atoms with Crippen LogP contribution in [0, 0.1) is 0 Å². The molecule has 2 N–H and O–H groups in total. The van der Waals surface area contributed by atoms with Crippen molar-refractivity contribution in [2.45, 2.75) is 12.6 Å². The minimum atomic E-state index is -1.23. The van der Waals surface area contributed by atoms with Crippen LogP contribution in [0.2, 0.25) is 5.02 Å². The Morgan fingerprint density at radius 2 is 1.90 bits per heavy atom. The van der Waals surface area contributed by atoms with Crippen LogP contribution in [0.25, 0.3) is 0 Å². The largest absolute Gasteiger partial charge is 0.465 e. The van der Waals surface area contributed by atoms with Crippen LogP contribution in [0.4, 0.5) is 10.5 Å². The fourth-order valence-corrected chi connectivity index (χ4v) is 2.80. The summed E-state index contributed by atoms with van der Waals surface area (Å²) in [4.78, 5) is 26.6. The summed E-state index contributed by atoms with van der Waals surface area (Å²) < 4.78 is 0. The first-order valence-electron chi connectivity index (χ1n) is 6.62. The van der Waals surface area contributed by atoms with Crippen molar-refractivity contribution >= 4 is 29.2 Å². The molecule has 1 atom stereocenters. The van der Waals surface area contributed by atoms with Crippen LogP contribution in [0.3, 0.4) is 0 Å². The number of carboxylic acid groups (broad SMARTS) is 1. The van der Waals surface area contributed by atoms with Crippen LogP contribution in [-0.4, -0.2) is 54.2 Å². The number of anilines is 1. The number of Topliss-reactive ketones (excluding diaryl/α,β-unsaturated/α-hetero) is 1. The second-order valence-electron chi connectivity index (χ2n) is 5.00. The Morgan fingerprint density at radius 1 is 1.29 bits per heavy atom. The molecule has 1 unspecified atom stereocenters. The number of hydrogen-bond acceptors (Lipinski definition) is 4. The molecule has 1 heterocycles. The Balaban J connectivity index is 2.33. The van der Waals surface area contributed by atoms with E-state index in [0.717, 1.165) is 5.69 Å². The highest BCUT2D eigenvalue weighted by atomic mass is 35.5. The van der Waals surface area contributed by atoms with Crippen LogP contribution in [0.1, 0.15) is 6.92 Å². The van der Waals surface area contributed by atoms with E-state index in [1.807, 2.05) is 17.0 Å². The van der Waals surface area contributed by atoms with Crippen molar-refractivity contribution in [3.05, 3.63) is 29.3 Å². The van der Waals surface area contributed by atoms with Crippen molar-refractivity contribution in [3.8, 4) is 0 Å². The summed E-state index contributed by atoms with van der Waals surface area (Å²) >= 11 is 5.88. The van der Waals surface area contributed by atoms with Crippen molar-refractivity contribution in [3.63, 3.8) is 0 Å². The van der Waals surface area contributed by atoms with Gasteiger partial charge in [0, 0.05) is 23.8 Å². The molecule has 1 fully saturated rings. The average Bonchev–Trinajstić information content (AvgIpc) is 2.46. The molecular weight excluding hydrogens is 294 g/mol. The fourth-order valence-electron chi connectivity index (χ4n) is 2.67. The number of ketones is 1. The van der Waals surface area contributed by atoms with E-state index >= 15 is 0 Å². The van der Waals surface area contributed by atoms with E-state index in [0.29, 0.717) is 11.6 Å². The predicted octanol–water partition coefficient (Wildman–Crippen LogP) is 1.64. The molecule has 0 saturated carbocycles. The van der Waals surface area contributed by atoms with Crippen molar-refractivity contribution in [2.75, 3.05) is 31.6 Å². The van der Waals surface area contributed by atoms with Crippen molar-refractivity contribution in [1.82, 2.24) is 10.2 Å². The van der Waals surface area contributed by atoms with Gasteiger partial charge in [-0.3, -0.25) is 15.0 Å². The SMILES string of the molecule is CNC1(C(C)=O)CN(c2ccc(Cl)cc2)CCN1C(=O)O. The van der Waals surface area contributed by atoms with E-state index in [-0.39, 0.29) is 18.9 Å². The first-order valence-corrected chi connectivity index (χ1v) is 6.99. The number of nitrogens with one attached hydrogen (secondary N) is 1. The Bertz CT molecular complexity index is 549. The molecule has 1 aromatic carbocycles. The van der Waals surface area contributed by atoms with Crippen molar-refractivity contribution in [1.29, 1.82) is 0 Å². The van der Waals surface area contributed by atoms with Gasteiger partial charge in [-0.05, 0) is 38.2 Å². The maximum Gasteiger partial charge on any atom is 0.409 e. The van der Waals surface area contributed by atoms with E-state index in [2.05, 4.69) is 5.32 Å². The Labute approximate surface area is 128 Å². The number of halogens is 1. The van der Waals surface area contributed by atoms with E-state index in [4.69, 9.17) is 11.6 Å². The molecule has 0 aromatic heterocycles. The van der Waals surface area contributed by atoms with E-state index in [1.165, 1.54) is 11.8 Å².